The number of hydrogen-bond acceptors (Lipinski definition) is 3. The molecule has 2 aromatic heterocycles. The van der Waals surface area contributed by atoms with Gasteiger partial charge in [0.05, 0.1) is 6.20 Å². The van der Waals surface area contributed by atoms with E-state index in [1.54, 1.807) is 10.7 Å². The molecule has 4 nitrogen and oxygen atoms in total. The van der Waals surface area contributed by atoms with Gasteiger partial charge in [-0.05, 0) is 30.2 Å². The molecule has 2 heterocycles. The number of nitrogens with one attached hydrogen (secondary N) is 1. The molecule has 1 N–H and O–H groups in total. The molecule has 3 rings (SSSR count). The Morgan fingerprint density at radius 2 is 1.95 bits per heavy atom. The van der Waals surface area contributed by atoms with Gasteiger partial charge in [0.2, 0.25) is 0 Å². The summed E-state index contributed by atoms with van der Waals surface area (Å²) in [5.74, 6) is 0.863. The smallest absolute Gasteiger partial charge is 0.157 e. The van der Waals surface area contributed by atoms with Gasteiger partial charge in [0.25, 0.3) is 0 Å². The maximum absolute atomic E-state index is 5.85. The lowest BCUT2D eigenvalue weighted by Crippen LogP contribution is -2.06. The first-order chi connectivity index (χ1) is 9.31. The van der Waals surface area contributed by atoms with Crippen LogP contribution in [0.25, 0.3) is 5.65 Å². The molecular weight excluding hydrogens is 260 g/mol. The highest BCUT2D eigenvalue weighted by Crippen LogP contribution is 2.10. The summed E-state index contributed by atoms with van der Waals surface area (Å²) in [5, 5.41) is 8.18. The van der Waals surface area contributed by atoms with E-state index in [4.69, 9.17) is 11.6 Å². The van der Waals surface area contributed by atoms with Crippen LogP contribution < -0.4 is 5.32 Å². The van der Waals surface area contributed by atoms with Crippen molar-refractivity contribution in [1.29, 1.82) is 0 Å². The molecule has 1 aromatic carbocycles. The Bertz CT molecular complexity index is 675. The summed E-state index contributed by atoms with van der Waals surface area (Å²) in [7, 11) is 0. The topological polar surface area (TPSA) is 42.2 Å². The van der Waals surface area contributed by atoms with Gasteiger partial charge in [0, 0.05) is 23.8 Å². The largest absolute Gasteiger partial charge is 0.370 e. The van der Waals surface area contributed by atoms with Crippen LogP contribution in [0.1, 0.15) is 5.56 Å². The average molecular weight is 273 g/mol. The second-order valence-corrected chi connectivity index (χ2v) is 4.69. The number of hydrogen-bond donors (Lipinski definition) is 1. The van der Waals surface area contributed by atoms with Crippen LogP contribution in [0.2, 0.25) is 5.02 Å². The van der Waals surface area contributed by atoms with E-state index < -0.39 is 0 Å². The van der Waals surface area contributed by atoms with Gasteiger partial charge in [-0.3, -0.25) is 0 Å². The summed E-state index contributed by atoms with van der Waals surface area (Å²) in [4.78, 5) is 4.45. The van der Waals surface area contributed by atoms with E-state index in [-0.39, 0.29) is 0 Å². The number of rotatable bonds is 4. The van der Waals surface area contributed by atoms with Crippen LogP contribution in [0.3, 0.4) is 0 Å². The highest BCUT2D eigenvalue weighted by atomic mass is 35.5. The van der Waals surface area contributed by atoms with Gasteiger partial charge in [-0.25, -0.2) is 9.50 Å². The molecule has 0 saturated heterocycles. The van der Waals surface area contributed by atoms with Crippen LogP contribution in [0.5, 0.6) is 0 Å². The fraction of sp³-hybridized carbons (Fsp3) is 0.143. The summed E-state index contributed by atoms with van der Waals surface area (Å²) >= 11 is 5.85. The summed E-state index contributed by atoms with van der Waals surface area (Å²) in [6.07, 6.45) is 4.57. The zero-order valence-electron chi connectivity index (χ0n) is 10.3. The number of fused-ring (bicyclic) bond motifs is 1. The Balaban J connectivity index is 1.61. The molecule has 0 spiro atoms. The van der Waals surface area contributed by atoms with Crippen molar-refractivity contribution in [2.75, 3.05) is 11.9 Å². The molecule has 0 saturated carbocycles. The lowest BCUT2D eigenvalue weighted by atomic mass is 10.1. The molecule has 0 fully saturated rings. The number of aromatic nitrogens is 3. The standard InChI is InChI=1S/C14H13ClN4/c15-12-3-1-11(2-4-12)5-8-16-13-7-10-19-14(18-13)6-9-17-19/h1-4,6-7,9-10H,5,8H2,(H,16,18). The van der Waals surface area contributed by atoms with E-state index in [2.05, 4.69) is 15.4 Å². The molecule has 0 aliphatic heterocycles. The number of anilines is 1. The SMILES string of the molecule is Clc1ccc(CCNc2ccn3nccc3n2)cc1. The lowest BCUT2D eigenvalue weighted by Gasteiger charge is -2.06. The molecule has 0 aliphatic rings. The third-order valence-electron chi connectivity index (χ3n) is 2.89. The van der Waals surface area contributed by atoms with Crippen molar-refractivity contribution in [2.24, 2.45) is 0 Å². The van der Waals surface area contributed by atoms with Crippen LogP contribution in [0.4, 0.5) is 5.82 Å². The molecule has 5 heteroatoms. The van der Waals surface area contributed by atoms with Crippen molar-refractivity contribution in [3.05, 3.63) is 59.4 Å². The monoisotopic (exact) mass is 272 g/mol. The summed E-state index contributed by atoms with van der Waals surface area (Å²) in [6.45, 7) is 0.832. The zero-order valence-corrected chi connectivity index (χ0v) is 11.0. The molecule has 96 valence electrons. The summed E-state index contributed by atoms with van der Waals surface area (Å²) < 4.78 is 1.74. The first-order valence-corrected chi connectivity index (χ1v) is 6.48. The minimum Gasteiger partial charge on any atom is -0.370 e. The van der Waals surface area contributed by atoms with Gasteiger partial charge < -0.3 is 5.32 Å². The second-order valence-electron chi connectivity index (χ2n) is 4.25. The molecule has 0 aliphatic carbocycles. The average Bonchev–Trinajstić information content (AvgIpc) is 2.88. The predicted octanol–water partition coefficient (Wildman–Crippen LogP) is 3.04. The van der Waals surface area contributed by atoms with Gasteiger partial charge >= 0.3 is 0 Å². The van der Waals surface area contributed by atoms with E-state index in [1.165, 1.54) is 5.56 Å². The molecule has 0 amide bonds. The van der Waals surface area contributed by atoms with E-state index in [1.807, 2.05) is 42.6 Å². The third kappa shape index (κ3) is 2.85. The number of nitrogens with zero attached hydrogens (tertiary/aromatic N) is 3. The number of halogens is 1. The molecule has 0 atom stereocenters. The van der Waals surface area contributed by atoms with E-state index in [0.717, 1.165) is 29.5 Å². The minimum atomic E-state index is 0.768. The van der Waals surface area contributed by atoms with E-state index in [9.17, 15) is 0 Å². The first kappa shape index (κ1) is 12.0. The summed E-state index contributed by atoms with van der Waals surface area (Å²) in [5.41, 5.74) is 2.10. The van der Waals surface area contributed by atoms with Crippen LogP contribution in [0.15, 0.2) is 48.8 Å². The van der Waals surface area contributed by atoms with Gasteiger partial charge in [-0.15, -0.1) is 0 Å². The molecular formula is C14H13ClN4. The summed E-state index contributed by atoms with van der Waals surface area (Å²) in [6, 6.07) is 11.7. The number of benzene rings is 1. The molecule has 19 heavy (non-hydrogen) atoms. The highest BCUT2D eigenvalue weighted by molar-refractivity contribution is 6.30. The Morgan fingerprint density at radius 1 is 1.11 bits per heavy atom. The van der Waals surface area contributed by atoms with Gasteiger partial charge in [0.1, 0.15) is 5.82 Å². The maximum atomic E-state index is 5.85. The third-order valence-corrected chi connectivity index (χ3v) is 3.14. The molecule has 0 unspecified atom stereocenters. The normalized spacial score (nSPS) is 10.8. The van der Waals surface area contributed by atoms with Gasteiger partial charge in [-0.2, -0.15) is 5.10 Å². The Hall–Kier alpha value is -2.07. The van der Waals surface area contributed by atoms with Crippen LogP contribution >= 0.6 is 11.6 Å². The highest BCUT2D eigenvalue weighted by Gasteiger charge is 1.98. The van der Waals surface area contributed by atoms with Crippen molar-refractivity contribution >= 4 is 23.1 Å². The van der Waals surface area contributed by atoms with Crippen LogP contribution in [-0.2, 0) is 6.42 Å². The Morgan fingerprint density at radius 3 is 2.79 bits per heavy atom. The Labute approximate surface area is 116 Å². The Kier molecular flexibility index (Phi) is 3.33. The minimum absolute atomic E-state index is 0.768. The van der Waals surface area contributed by atoms with Crippen molar-refractivity contribution in [2.45, 2.75) is 6.42 Å². The van der Waals surface area contributed by atoms with Crippen molar-refractivity contribution in [3.8, 4) is 0 Å². The fourth-order valence-corrected chi connectivity index (χ4v) is 2.02. The van der Waals surface area contributed by atoms with E-state index in [0.29, 0.717) is 0 Å². The quantitative estimate of drug-likeness (QED) is 0.794. The maximum Gasteiger partial charge on any atom is 0.157 e. The fourth-order valence-electron chi connectivity index (χ4n) is 1.90. The lowest BCUT2D eigenvalue weighted by molar-refractivity contribution is 0.932. The molecule has 0 bridgehead atoms. The second kappa shape index (κ2) is 5.28. The zero-order chi connectivity index (χ0) is 13.1. The molecule has 0 radical (unpaired) electrons. The van der Waals surface area contributed by atoms with Gasteiger partial charge in [0.15, 0.2) is 5.65 Å². The van der Waals surface area contributed by atoms with E-state index >= 15 is 0 Å². The van der Waals surface area contributed by atoms with Crippen LogP contribution in [0, 0.1) is 0 Å². The van der Waals surface area contributed by atoms with Crippen molar-refractivity contribution in [3.63, 3.8) is 0 Å². The molecule has 3 aromatic rings. The van der Waals surface area contributed by atoms with Crippen LogP contribution in [-0.4, -0.2) is 21.1 Å². The van der Waals surface area contributed by atoms with Gasteiger partial charge in [-0.1, -0.05) is 23.7 Å². The first-order valence-electron chi connectivity index (χ1n) is 6.10. The van der Waals surface area contributed by atoms with Crippen molar-refractivity contribution in [1.82, 2.24) is 14.6 Å². The van der Waals surface area contributed by atoms with Crippen molar-refractivity contribution < 1.29 is 0 Å². The predicted molar refractivity (Wildman–Crippen MR) is 76.6 cm³/mol.